The van der Waals surface area contributed by atoms with Gasteiger partial charge < -0.3 is 16.0 Å². The summed E-state index contributed by atoms with van der Waals surface area (Å²) in [6, 6.07) is 3.83. The summed E-state index contributed by atoms with van der Waals surface area (Å²) in [7, 11) is 0. The van der Waals surface area contributed by atoms with E-state index in [9.17, 15) is 0 Å². The number of nitrogen functional groups attached to an aromatic ring is 1. The fourth-order valence-electron chi connectivity index (χ4n) is 1.75. The van der Waals surface area contributed by atoms with E-state index in [0.29, 0.717) is 5.82 Å². The zero-order valence-electron chi connectivity index (χ0n) is 9.85. The molecule has 0 fully saturated rings. The molecular weight excluding hydrogens is 214 g/mol. The first kappa shape index (κ1) is 11.6. The molecule has 0 aliphatic rings. The maximum atomic E-state index is 5.91. The van der Waals surface area contributed by atoms with Crippen LogP contribution >= 0.6 is 0 Å². The van der Waals surface area contributed by atoms with Crippen molar-refractivity contribution in [2.75, 3.05) is 12.3 Å². The van der Waals surface area contributed by atoms with Crippen LogP contribution in [0.1, 0.15) is 30.8 Å². The third-order valence-electron chi connectivity index (χ3n) is 2.57. The summed E-state index contributed by atoms with van der Waals surface area (Å²) in [4.78, 5) is 11.5. The van der Waals surface area contributed by atoms with Gasteiger partial charge in [-0.15, -0.1) is 0 Å². The third-order valence-corrected chi connectivity index (χ3v) is 2.57. The largest absolute Gasteiger partial charge is 0.383 e. The Bertz CT molecular complexity index is 452. The molecule has 0 aliphatic heterocycles. The minimum atomic E-state index is -0.0290. The lowest BCUT2D eigenvalue weighted by molar-refractivity contribution is 0.576. The number of hydrogen-bond donors (Lipinski definition) is 3. The lowest BCUT2D eigenvalue weighted by Gasteiger charge is -2.17. The highest BCUT2D eigenvalue weighted by molar-refractivity contribution is 5.43. The first-order valence-corrected chi connectivity index (χ1v) is 5.76. The van der Waals surface area contributed by atoms with E-state index in [1.807, 2.05) is 18.3 Å². The van der Waals surface area contributed by atoms with Crippen LogP contribution in [0.2, 0.25) is 0 Å². The molecule has 0 aliphatic carbocycles. The van der Waals surface area contributed by atoms with Crippen molar-refractivity contribution < 1.29 is 0 Å². The summed E-state index contributed by atoms with van der Waals surface area (Å²) in [6.07, 6.45) is 6.29. The van der Waals surface area contributed by atoms with Gasteiger partial charge in [0.2, 0.25) is 0 Å². The van der Waals surface area contributed by atoms with E-state index in [2.05, 4.69) is 27.2 Å². The molecule has 2 aromatic rings. The van der Waals surface area contributed by atoms with E-state index < -0.39 is 0 Å². The molecule has 17 heavy (non-hydrogen) atoms. The van der Waals surface area contributed by atoms with Crippen molar-refractivity contribution in [3.05, 3.63) is 42.1 Å². The van der Waals surface area contributed by atoms with Crippen LogP contribution < -0.4 is 11.1 Å². The fourth-order valence-corrected chi connectivity index (χ4v) is 1.75. The summed E-state index contributed by atoms with van der Waals surface area (Å²) >= 11 is 0. The fraction of sp³-hybridized carbons (Fsp3) is 0.333. The topological polar surface area (TPSA) is 79.6 Å². The number of anilines is 1. The molecule has 0 spiro atoms. The Hall–Kier alpha value is -1.88. The van der Waals surface area contributed by atoms with Gasteiger partial charge >= 0.3 is 0 Å². The first-order valence-electron chi connectivity index (χ1n) is 5.76. The molecule has 2 rings (SSSR count). The minimum absolute atomic E-state index is 0.0290. The van der Waals surface area contributed by atoms with E-state index in [1.165, 1.54) is 0 Å². The van der Waals surface area contributed by atoms with Crippen molar-refractivity contribution in [3.8, 4) is 0 Å². The second-order valence-corrected chi connectivity index (χ2v) is 3.84. The maximum Gasteiger partial charge on any atom is 0.128 e. The van der Waals surface area contributed by atoms with E-state index in [0.717, 1.165) is 24.4 Å². The van der Waals surface area contributed by atoms with Crippen LogP contribution in [-0.2, 0) is 0 Å². The van der Waals surface area contributed by atoms with Crippen LogP contribution in [0.15, 0.2) is 30.7 Å². The van der Waals surface area contributed by atoms with Crippen LogP contribution in [0.25, 0.3) is 0 Å². The zero-order chi connectivity index (χ0) is 12.1. The van der Waals surface area contributed by atoms with Crippen molar-refractivity contribution in [1.82, 2.24) is 20.3 Å². The first-order chi connectivity index (χ1) is 8.33. The molecule has 5 heteroatoms. The molecule has 2 aromatic heterocycles. The van der Waals surface area contributed by atoms with E-state index in [1.54, 1.807) is 12.4 Å². The Morgan fingerprint density at radius 3 is 2.94 bits per heavy atom. The van der Waals surface area contributed by atoms with Crippen molar-refractivity contribution in [2.24, 2.45) is 0 Å². The zero-order valence-corrected chi connectivity index (χ0v) is 9.85. The number of nitrogens with two attached hydrogens (primary N) is 1. The number of aromatic amines is 1. The molecule has 0 saturated carbocycles. The number of rotatable bonds is 5. The summed E-state index contributed by atoms with van der Waals surface area (Å²) in [5, 5.41) is 3.42. The molecular formula is C12H17N5. The molecule has 0 bridgehead atoms. The van der Waals surface area contributed by atoms with Gasteiger partial charge in [0, 0.05) is 24.2 Å². The molecule has 90 valence electrons. The quantitative estimate of drug-likeness (QED) is 0.728. The van der Waals surface area contributed by atoms with E-state index in [-0.39, 0.29) is 6.04 Å². The average Bonchev–Trinajstić information content (AvgIpc) is 2.85. The number of H-pyrrole nitrogens is 1. The number of nitrogens with zero attached hydrogens (tertiary/aromatic N) is 2. The predicted molar refractivity (Wildman–Crippen MR) is 67.4 cm³/mol. The lowest BCUT2D eigenvalue weighted by Crippen LogP contribution is -2.25. The standard InChI is InChI=1S/C12H17N5/c1-2-5-14-10(12-16-7-8-17-12)9-4-3-6-15-11(9)13/h3-4,6-8,10,14H,2,5H2,1H3,(H2,13,15)(H,16,17). The second-order valence-electron chi connectivity index (χ2n) is 3.84. The number of pyridine rings is 1. The Labute approximate surface area is 100 Å². The Balaban J connectivity index is 2.30. The van der Waals surface area contributed by atoms with Gasteiger partial charge in [0.25, 0.3) is 0 Å². The van der Waals surface area contributed by atoms with Gasteiger partial charge in [0.15, 0.2) is 0 Å². The van der Waals surface area contributed by atoms with Gasteiger partial charge in [0.05, 0.1) is 6.04 Å². The highest BCUT2D eigenvalue weighted by atomic mass is 15.0. The Kier molecular flexibility index (Phi) is 3.72. The van der Waals surface area contributed by atoms with Crippen LogP contribution in [-0.4, -0.2) is 21.5 Å². The molecule has 0 amide bonds. The smallest absolute Gasteiger partial charge is 0.128 e. The Morgan fingerprint density at radius 1 is 1.41 bits per heavy atom. The molecule has 4 N–H and O–H groups in total. The highest BCUT2D eigenvalue weighted by Crippen LogP contribution is 2.22. The van der Waals surface area contributed by atoms with Crippen molar-refractivity contribution in [1.29, 1.82) is 0 Å². The van der Waals surface area contributed by atoms with Gasteiger partial charge in [0.1, 0.15) is 11.6 Å². The molecule has 2 heterocycles. The van der Waals surface area contributed by atoms with Crippen LogP contribution in [0.4, 0.5) is 5.82 Å². The van der Waals surface area contributed by atoms with Crippen LogP contribution in [0.5, 0.6) is 0 Å². The molecule has 1 atom stereocenters. The summed E-state index contributed by atoms with van der Waals surface area (Å²) in [6.45, 7) is 3.03. The van der Waals surface area contributed by atoms with Crippen molar-refractivity contribution in [2.45, 2.75) is 19.4 Å². The maximum absolute atomic E-state index is 5.91. The normalized spacial score (nSPS) is 12.5. The van der Waals surface area contributed by atoms with Gasteiger partial charge in [-0.1, -0.05) is 13.0 Å². The average molecular weight is 231 g/mol. The highest BCUT2D eigenvalue weighted by Gasteiger charge is 2.18. The molecule has 1 unspecified atom stereocenters. The molecule has 0 aromatic carbocycles. The molecule has 0 saturated heterocycles. The minimum Gasteiger partial charge on any atom is -0.383 e. The van der Waals surface area contributed by atoms with Gasteiger partial charge in [-0.2, -0.15) is 0 Å². The van der Waals surface area contributed by atoms with E-state index in [4.69, 9.17) is 5.73 Å². The summed E-state index contributed by atoms with van der Waals surface area (Å²) < 4.78 is 0. The SMILES string of the molecule is CCCNC(c1ncc[nH]1)c1cccnc1N. The van der Waals surface area contributed by atoms with Crippen LogP contribution in [0, 0.1) is 0 Å². The van der Waals surface area contributed by atoms with Gasteiger partial charge in [-0.3, -0.25) is 0 Å². The van der Waals surface area contributed by atoms with Gasteiger partial charge in [-0.25, -0.2) is 9.97 Å². The van der Waals surface area contributed by atoms with Crippen molar-refractivity contribution >= 4 is 5.82 Å². The van der Waals surface area contributed by atoms with Gasteiger partial charge in [-0.05, 0) is 19.0 Å². The predicted octanol–water partition coefficient (Wildman–Crippen LogP) is 1.48. The number of imidazole rings is 1. The van der Waals surface area contributed by atoms with Crippen LogP contribution in [0.3, 0.4) is 0 Å². The molecule has 5 nitrogen and oxygen atoms in total. The van der Waals surface area contributed by atoms with Crippen molar-refractivity contribution in [3.63, 3.8) is 0 Å². The second kappa shape index (κ2) is 5.45. The number of nitrogens with one attached hydrogen (secondary N) is 2. The lowest BCUT2D eigenvalue weighted by atomic mass is 10.1. The Morgan fingerprint density at radius 2 is 2.29 bits per heavy atom. The monoisotopic (exact) mass is 231 g/mol. The van der Waals surface area contributed by atoms with E-state index >= 15 is 0 Å². The molecule has 0 radical (unpaired) electrons. The third kappa shape index (κ3) is 2.62. The number of aromatic nitrogens is 3. The summed E-state index contributed by atoms with van der Waals surface area (Å²) in [5.41, 5.74) is 6.86. The number of hydrogen-bond acceptors (Lipinski definition) is 4. The summed E-state index contributed by atoms with van der Waals surface area (Å²) in [5.74, 6) is 1.40.